The van der Waals surface area contributed by atoms with E-state index in [2.05, 4.69) is 56.8 Å². The van der Waals surface area contributed by atoms with Crippen LogP contribution < -0.4 is 0 Å². The zero-order valence-corrected chi connectivity index (χ0v) is 18.3. The highest BCUT2D eigenvalue weighted by atomic mass is 35.5. The molecule has 0 spiro atoms. The zero-order chi connectivity index (χ0) is 21.8. The molecule has 0 amide bonds. The Hall–Kier alpha value is -3.06. The molecule has 1 fully saturated rings. The first-order valence-corrected chi connectivity index (χ1v) is 11.1. The molecule has 1 aliphatic heterocycles. The highest BCUT2D eigenvalue weighted by Gasteiger charge is 2.32. The maximum absolute atomic E-state index is 6.19. The van der Waals surface area contributed by atoms with Crippen molar-refractivity contribution in [2.24, 2.45) is 0 Å². The van der Waals surface area contributed by atoms with E-state index in [1.54, 1.807) is 0 Å². The summed E-state index contributed by atoms with van der Waals surface area (Å²) in [6.07, 6.45) is 0. The second-order valence-electron chi connectivity index (χ2n) is 7.81. The Morgan fingerprint density at radius 1 is 0.719 bits per heavy atom. The summed E-state index contributed by atoms with van der Waals surface area (Å²) >= 11 is 6.19. The van der Waals surface area contributed by atoms with Crippen LogP contribution in [0.3, 0.4) is 0 Å². The van der Waals surface area contributed by atoms with Gasteiger partial charge >= 0.3 is 0 Å². The SMILES string of the molecule is Clc1ccc([C@H](c2nnnn2C(c2ccccc2)c2ccccc2)N2CCOCC2)cc1. The number of morpholine rings is 1. The summed E-state index contributed by atoms with van der Waals surface area (Å²) in [5.74, 6) is 0.798. The highest BCUT2D eigenvalue weighted by Crippen LogP contribution is 2.33. The maximum Gasteiger partial charge on any atom is 0.174 e. The molecule has 2 heterocycles. The third-order valence-electron chi connectivity index (χ3n) is 5.83. The molecule has 162 valence electrons. The first kappa shape index (κ1) is 20.8. The first-order valence-electron chi connectivity index (χ1n) is 10.8. The lowest BCUT2D eigenvalue weighted by Crippen LogP contribution is -2.41. The number of rotatable bonds is 6. The molecule has 0 N–H and O–H groups in total. The molecule has 0 aliphatic carbocycles. The van der Waals surface area contributed by atoms with Crippen molar-refractivity contribution in [3.05, 3.63) is 112 Å². The monoisotopic (exact) mass is 445 g/mol. The van der Waals surface area contributed by atoms with E-state index < -0.39 is 0 Å². The molecule has 0 unspecified atom stereocenters. The summed E-state index contributed by atoms with van der Waals surface area (Å²) in [4.78, 5) is 2.38. The third-order valence-corrected chi connectivity index (χ3v) is 6.09. The van der Waals surface area contributed by atoms with Gasteiger partial charge in [-0.15, -0.1) is 5.10 Å². The van der Waals surface area contributed by atoms with Crippen LogP contribution in [0.2, 0.25) is 5.02 Å². The molecular weight excluding hydrogens is 422 g/mol. The van der Waals surface area contributed by atoms with Crippen LogP contribution in [0.25, 0.3) is 0 Å². The molecule has 1 saturated heterocycles. The molecule has 0 radical (unpaired) electrons. The topological polar surface area (TPSA) is 56.1 Å². The van der Waals surface area contributed by atoms with Crippen molar-refractivity contribution < 1.29 is 4.74 Å². The predicted molar refractivity (Wildman–Crippen MR) is 124 cm³/mol. The van der Waals surface area contributed by atoms with Crippen molar-refractivity contribution in [3.63, 3.8) is 0 Å². The van der Waals surface area contributed by atoms with Crippen LogP contribution in [0.1, 0.15) is 34.6 Å². The normalized spacial score (nSPS) is 15.7. The highest BCUT2D eigenvalue weighted by molar-refractivity contribution is 6.30. The van der Waals surface area contributed by atoms with Crippen LogP contribution in [0.5, 0.6) is 0 Å². The Morgan fingerprint density at radius 3 is 1.88 bits per heavy atom. The van der Waals surface area contributed by atoms with Crippen LogP contribution in [-0.4, -0.2) is 51.4 Å². The fourth-order valence-corrected chi connectivity index (χ4v) is 4.44. The standard InChI is InChI=1S/C25H24ClN5O/c26-22-13-11-21(12-14-22)24(30-15-17-32-18-16-30)25-27-28-29-31(25)23(19-7-3-1-4-8-19)20-9-5-2-6-10-20/h1-14,23-24H,15-18H2/t24-/m1/s1. The van der Waals surface area contributed by atoms with E-state index in [1.165, 1.54) is 0 Å². The molecule has 1 aromatic heterocycles. The molecule has 3 aromatic carbocycles. The lowest BCUT2D eigenvalue weighted by atomic mass is 9.97. The second-order valence-corrected chi connectivity index (χ2v) is 8.24. The molecular formula is C25H24ClN5O. The van der Waals surface area contributed by atoms with Gasteiger partial charge < -0.3 is 4.74 Å². The van der Waals surface area contributed by atoms with Gasteiger partial charge in [0.05, 0.1) is 19.3 Å². The average molecular weight is 446 g/mol. The van der Waals surface area contributed by atoms with E-state index >= 15 is 0 Å². The lowest BCUT2D eigenvalue weighted by molar-refractivity contribution is 0.0215. The van der Waals surface area contributed by atoms with Gasteiger partial charge in [0.15, 0.2) is 5.82 Å². The molecule has 1 aliphatic rings. The predicted octanol–water partition coefficient (Wildman–Crippen LogP) is 4.39. The van der Waals surface area contributed by atoms with Gasteiger partial charge in [0.1, 0.15) is 6.04 Å². The van der Waals surface area contributed by atoms with Gasteiger partial charge in [-0.1, -0.05) is 84.4 Å². The van der Waals surface area contributed by atoms with Gasteiger partial charge in [-0.25, -0.2) is 4.68 Å². The summed E-state index contributed by atoms with van der Waals surface area (Å²) < 4.78 is 7.58. The van der Waals surface area contributed by atoms with Gasteiger partial charge in [-0.3, -0.25) is 4.90 Å². The molecule has 6 nitrogen and oxygen atoms in total. The van der Waals surface area contributed by atoms with E-state index in [0.29, 0.717) is 18.2 Å². The molecule has 0 saturated carbocycles. The van der Waals surface area contributed by atoms with Crippen molar-refractivity contribution in [3.8, 4) is 0 Å². The summed E-state index contributed by atoms with van der Waals surface area (Å²) in [6, 6.07) is 28.4. The summed E-state index contributed by atoms with van der Waals surface area (Å²) in [5, 5.41) is 13.9. The van der Waals surface area contributed by atoms with Gasteiger partial charge in [0.25, 0.3) is 0 Å². The minimum absolute atomic E-state index is 0.110. The van der Waals surface area contributed by atoms with Gasteiger partial charge in [-0.05, 0) is 39.2 Å². The number of hydrogen-bond donors (Lipinski definition) is 0. The Bertz CT molecular complexity index is 1090. The van der Waals surface area contributed by atoms with Crippen LogP contribution in [0, 0.1) is 0 Å². The molecule has 5 rings (SSSR count). The van der Waals surface area contributed by atoms with E-state index in [0.717, 1.165) is 35.6 Å². The van der Waals surface area contributed by atoms with Crippen molar-refractivity contribution in [2.45, 2.75) is 12.1 Å². The quantitative estimate of drug-likeness (QED) is 0.440. The Labute approximate surface area is 192 Å². The van der Waals surface area contributed by atoms with Crippen LogP contribution in [-0.2, 0) is 4.74 Å². The number of hydrogen-bond acceptors (Lipinski definition) is 5. The molecule has 1 atom stereocenters. The number of benzene rings is 3. The summed E-state index contributed by atoms with van der Waals surface area (Å²) in [6.45, 7) is 2.99. The van der Waals surface area contributed by atoms with Crippen molar-refractivity contribution in [2.75, 3.05) is 26.3 Å². The fourth-order valence-electron chi connectivity index (χ4n) is 4.31. The molecule has 0 bridgehead atoms. The number of halogens is 1. The third kappa shape index (κ3) is 4.30. The van der Waals surface area contributed by atoms with Crippen molar-refractivity contribution in [1.29, 1.82) is 0 Å². The number of aromatic nitrogens is 4. The molecule has 32 heavy (non-hydrogen) atoms. The summed E-state index contributed by atoms with van der Waals surface area (Å²) in [7, 11) is 0. The van der Waals surface area contributed by atoms with Gasteiger partial charge in [0.2, 0.25) is 0 Å². The number of tetrazole rings is 1. The number of nitrogens with zero attached hydrogens (tertiary/aromatic N) is 5. The fraction of sp³-hybridized carbons (Fsp3) is 0.240. The van der Waals surface area contributed by atoms with Crippen LogP contribution >= 0.6 is 11.6 Å². The van der Waals surface area contributed by atoms with Crippen LogP contribution in [0.15, 0.2) is 84.9 Å². The molecule has 7 heteroatoms. The zero-order valence-electron chi connectivity index (χ0n) is 17.6. The van der Waals surface area contributed by atoms with Crippen molar-refractivity contribution >= 4 is 11.6 Å². The first-order chi connectivity index (χ1) is 15.8. The Morgan fingerprint density at radius 2 is 1.28 bits per heavy atom. The van der Waals surface area contributed by atoms with Crippen LogP contribution in [0.4, 0.5) is 0 Å². The largest absolute Gasteiger partial charge is 0.379 e. The minimum Gasteiger partial charge on any atom is -0.379 e. The smallest absolute Gasteiger partial charge is 0.174 e. The van der Waals surface area contributed by atoms with Crippen molar-refractivity contribution in [1.82, 2.24) is 25.1 Å². The molecule has 4 aromatic rings. The minimum atomic E-state index is -0.141. The average Bonchev–Trinajstić information content (AvgIpc) is 3.31. The summed E-state index contributed by atoms with van der Waals surface area (Å²) in [5.41, 5.74) is 3.36. The Balaban J connectivity index is 1.64. The second kappa shape index (κ2) is 9.61. The van der Waals surface area contributed by atoms with E-state index in [9.17, 15) is 0 Å². The lowest BCUT2D eigenvalue weighted by Gasteiger charge is -2.34. The van der Waals surface area contributed by atoms with E-state index in [-0.39, 0.29) is 12.1 Å². The van der Waals surface area contributed by atoms with E-state index in [1.807, 2.05) is 53.2 Å². The van der Waals surface area contributed by atoms with E-state index in [4.69, 9.17) is 16.3 Å². The number of ether oxygens (including phenoxy) is 1. The van der Waals surface area contributed by atoms with Gasteiger partial charge in [0, 0.05) is 18.1 Å². The maximum atomic E-state index is 6.19. The van der Waals surface area contributed by atoms with Gasteiger partial charge in [-0.2, -0.15) is 0 Å². The Kier molecular flexibility index (Phi) is 6.25.